The van der Waals surface area contributed by atoms with Crippen molar-refractivity contribution in [1.29, 1.82) is 5.26 Å². The molecular formula is C19H18N2O2. The molecule has 3 rings (SSSR count). The van der Waals surface area contributed by atoms with E-state index in [0.717, 1.165) is 18.4 Å². The number of nitrogens with zero attached hydrogens (tertiary/aromatic N) is 1. The molecule has 2 aromatic rings. The smallest absolute Gasteiger partial charge is 0.407 e. The minimum atomic E-state index is -0.364. The van der Waals surface area contributed by atoms with Gasteiger partial charge in [0.1, 0.15) is 6.61 Å². The van der Waals surface area contributed by atoms with Crippen LogP contribution in [0.5, 0.6) is 0 Å². The maximum absolute atomic E-state index is 11.8. The largest absolute Gasteiger partial charge is 0.445 e. The van der Waals surface area contributed by atoms with Crippen LogP contribution in [0.1, 0.15) is 35.4 Å². The van der Waals surface area contributed by atoms with E-state index < -0.39 is 0 Å². The number of nitriles is 1. The Kier molecular flexibility index (Phi) is 4.58. The van der Waals surface area contributed by atoms with Gasteiger partial charge in [-0.25, -0.2) is 4.79 Å². The van der Waals surface area contributed by atoms with Crippen molar-refractivity contribution < 1.29 is 9.53 Å². The summed E-state index contributed by atoms with van der Waals surface area (Å²) in [7, 11) is 0. The van der Waals surface area contributed by atoms with Gasteiger partial charge >= 0.3 is 6.09 Å². The van der Waals surface area contributed by atoms with Crippen molar-refractivity contribution in [3.05, 3.63) is 71.3 Å². The normalized spacial score (nSPS) is 19.3. The molecule has 4 heteroatoms. The average Bonchev–Trinajstić information content (AvgIpc) is 2.57. The van der Waals surface area contributed by atoms with Crippen LogP contribution in [0.2, 0.25) is 0 Å². The van der Waals surface area contributed by atoms with Gasteiger partial charge in [0.2, 0.25) is 0 Å². The van der Waals surface area contributed by atoms with E-state index in [2.05, 4.69) is 11.4 Å². The zero-order valence-electron chi connectivity index (χ0n) is 12.7. The zero-order chi connectivity index (χ0) is 16.1. The van der Waals surface area contributed by atoms with Gasteiger partial charge in [0, 0.05) is 6.04 Å². The number of carbonyl (C=O) groups is 1. The second-order valence-corrected chi connectivity index (χ2v) is 5.81. The van der Waals surface area contributed by atoms with E-state index in [-0.39, 0.29) is 12.1 Å². The fourth-order valence-corrected chi connectivity index (χ4v) is 2.77. The van der Waals surface area contributed by atoms with Gasteiger partial charge in [0.15, 0.2) is 0 Å². The Morgan fingerprint density at radius 1 is 1.13 bits per heavy atom. The molecule has 0 bridgehead atoms. The minimum absolute atomic E-state index is 0.166. The summed E-state index contributed by atoms with van der Waals surface area (Å²) in [5.41, 5.74) is 2.87. The molecule has 0 aliphatic heterocycles. The molecule has 1 aliphatic carbocycles. The molecule has 0 saturated heterocycles. The van der Waals surface area contributed by atoms with Crippen LogP contribution < -0.4 is 5.32 Å². The molecule has 1 saturated carbocycles. The van der Waals surface area contributed by atoms with Crippen molar-refractivity contribution in [2.45, 2.75) is 31.4 Å². The summed E-state index contributed by atoms with van der Waals surface area (Å²) < 4.78 is 5.22. The summed E-state index contributed by atoms with van der Waals surface area (Å²) >= 11 is 0. The molecule has 1 fully saturated rings. The average molecular weight is 306 g/mol. The Hall–Kier alpha value is -2.80. The molecule has 0 spiro atoms. The Bertz CT molecular complexity index is 698. The second kappa shape index (κ2) is 6.97. The topological polar surface area (TPSA) is 62.1 Å². The van der Waals surface area contributed by atoms with Crippen LogP contribution in [0.4, 0.5) is 4.79 Å². The lowest BCUT2D eigenvalue weighted by Crippen LogP contribution is -2.43. The van der Waals surface area contributed by atoms with Gasteiger partial charge in [-0.3, -0.25) is 0 Å². The van der Waals surface area contributed by atoms with Crippen LogP contribution in [0.25, 0.3) is 0 Å². The van der Waals surface area contributed by atoms with E-state index in [1.165, 1.54) is 5.56 Å². The van der Waals surface area contributed by atoms with Crippen molar-refractivity contribution in [2.75, 3.05) is 0 Å². The molecular weight excluding hydrogens is 288 g/mol. The quantitative estimate of drug-likeness (QED) is 0.936. The van der Waals surface area contributed by atoms with Crippen LogP contribution in [0.15, 0.2) is 54.6 Å². The first-order valence-electron chi connectivity index (χ1n) is 7.72. The van der Waals surface area contributed by atoms with Gasteiger partial charge in [0.25, 0.3) is 0 Å². The molecule has 0 aromatic heterocycles. The summed E-state index contributed by atoms with van der Waals surface area (Å²) in [4.78, 5) is 11.8. The van der Waals surface area contributed by atoms with Crippen molar-refractivity contribution in [3.63, 3.8) is 0 Å². The van der Waals surface area contributed by atoms with Gasteiger partial charge in [0.05, 0.1) is 11.6 Å². The van der Waals surface area contributed by atoms with E-state index >= 15 is 0 Å². The van der Waals surface area contributed by atoms with Crippen LogP contribution in [-0.2, 0) is 11.3 Å². The molecule has 0 unspecified atom stereocenters. The van der Waals surface area contributed by atoms with E-state index in [1.807, 2.05) is 54.6 Å². The van der Waals surface area contributed by atoms with Crippen molar-refractivity contribution >= 4 is 6.09 Å². The first-order chi connectivity index (χ1) is 11.2. The van der Waals surface area contributed by atoms with Crippen molar-refractivity contribution in [3.8, 4) is 6.07 Å². The predicted molar refractivity (Wildman–Crippen MR) is 86.7 cm³/mol. The lowest BCUT2D eigenvalue weighted by Gasteiger charge is -2.35. The second-order valence-electron chi connectivity index (χ2n) is 5.81. The standard InChI is InChI=1S/C19H18N2O2/c20-12-14-6-8-16(9-7-14)17-10-18(11-17)21-19(22)23-13-15-4-2-1-3-5-15/h1-9,17-18H,10-11,13H2,(H,21,22). The van der Waals surface area contributed by atoms with Gasteiger partial charge in [-0.15, -0.1) is 0 Å². The molecule has 1 aliphatic rings. The third kappa shape index (κ3) is 3.89. The molecule has 0 atom stereocenters. The first-order valence-corrected chi connectivity index (χ1v) is 7.72. The third-order valence-electron chi connectivity index (χ3n) is 4.18. The number of amides is 1. The highest BCUT2D eigenvalue weighted by molar-refractivity contribution is 5.67. The number of carbonyl (C=O) groups excluding carboxylic acids is 1. The maximum atomic E-state index is 11.8. The number of ether oxygens (including phenoxy) is 1. The van der Waals surface area contributed by atoms with E-state index in [1.54, 1.807) is 0 Å². The SMILES string of the molecule is N#Cc1ccc(C2CC(NC(=O)OCc3ccccc3)C2)cc1. The predicted octanol–water partition coefficient (Wildman–Crippen LogP) is 3.73. The van der Waals surface area contributed by atoms with Crippen LogP contribution in [-0.4, -0.2) is 12.1 Å². The third-order valence-corrected chi connectivity index (χ3v) is 4.18. The highest BCUT2D eigenvalue weighted by atomic mass is 16.5. The van der Waals surface area contributed by atoms with E-state index in [0.29, 0.717) is 18.1 Å². The molecule has 23 heavy (non-hydrogen) atoms. The minimum Gasteiger partial charge on any atom is -0.445 e. The molecule has 2 aromatic carbocycles. The molecule has 4 nitrogen and oxygen atoms in total. The summed E-state index contributed by atoms with van der Waals surface area (Å²) in [5.74, 6) is 0.446. The zero-order valence-corrected chi connectivity index (χ0v) is 12.7. The molecule has 116 valence electrons. The molecule has 1 N–H and O–H groups in total. The van der Waals surface area contributed by atoms with Crippen molar-refractivity contribution in [2.24, 2.45) is 0 Å². The van der Waals surface area contributed by atoms with Gasteiger partial charge < -0.3 is 10.1 Å². The molecule has 0 radical (unpaired) electrons. The monoisotopic (exact) mass is 306 g/mol. The fraction of sp³-hybridized carbons (Fsp3) is 0.263. The lowest BCUT2D eigenvalue weighted by atomic mass is 9.76. The van der Waals surface area contributed by atoms with E-state index in [9.17, 15) is 4.79 Å². The number of rotatable bonds is 4. The number of hydrogen-bond donors (Lipinski definition) is 1. The number of benzene rings is 2. The Balaban J connectivity index is 1.41. The summed E-state index contributed by atoms with van der Waals surface area (Å²) in [6.07, 6.45) is 1.45. The highest BCUT2D eigenvalue weighted by Crippen LogP contribution is 2.36. The van der Waals surface area contributed by atoms with E-state index in [4.69, 9.17) is 10.00 Å². The maximum Gasteiger partial charge on any atom is 0.407 e. The Morgan fingerprint density at radius 3 is 2.48 bits per heavy atom. The van der Waals surface area contributed by atoms with Gasteiger partial charge in [-0.2, -0.15) is 5.26 Å². The number of nitrogens with one attached hydrogen (secondary N) is 1. The van der Waals surface area contributed by atoms with Crippen LogP contribution >= 0.6 is 0 Å². The van der Waals surface area contributed by atoms with Gasteiger partial charge in [-0.1, -0.05) is 42.5 Å². The number of hydrogen-bond acceptors (Lipinski definition) is 3. The van der Waals surface area contributed by atoms with Crippen molar-refractivity contribution in [1.82, 2.24) is 5.32 Å². The summed E-state index contributed by atoms with van der Waals surface area (Å²) in [6, 6.07) is 19.6. The first kappa shape index (κ1) is 15.1. The Labute approximate surface area is 135 Å². The van der Waals surface area contributed by atoms with Gasteiger partial charge in [-0.05, 0) is 42.0 Å². The van der Waals surface area contributed by atoms with Crippen LogP contribution in [0.3, 0.4) is 0 Å². The summed E-state index contributed by atoms with van der Waals surface area (Å²) in [6.45, 7) is 0.290. The highest BCUT2D eigenvalue weighted by Gasteiger charge is 2.31. The summed E-state index contributed by atoms with van der Waals surface area (Å²) in [5, 5.41) is 11.7. The number of alkyl carbamates (subject to hydrolysis) is 1. The fourth-order valence-electron chi connectivity index (χ4n) is 2.77. The lowest BCUT2D eigenvalue weighted by molar-refractivity contribution is 0.127. The van der Waals surface area contributed by atoms with Crippen LogP contribution in [0, 0.1) is 11.3 Å². The molecule has 0 heterocycles. The Morgan fingerprint density at radius 2 is 1.83 bits per heavy atom. The molecule has 1 amide bonds.